The van der Waals surface area contributed by atoms with Crippen molar-refractivity contribution in [3.05, 3.63) is 35.5 Å². The van der Waals surface area contributed by atoms with E-state index < -0.39 is 11.6 Å². The van der Waals surface area contributed by atoms with Gasteiger partial charge >= 0.3 is 6.01 Å². The van der Waals surface area contributed by atoms with Crippen LogP contribution in [0.5, 0.6) is 5.75 Å². The summed E-state index contributed by atoms with van der Waals surface area (Å²) in [5.74, 6) is 0.275. The minimum Gasteiger partial charge on any atom is -0.493 e. The van der Waals surface area contributed by atoms with E-state index in [9.17, 15) is 8.78 Å². The molecule has 4 rings (SSSR count). The standard InChI is InChI=1S/C23H29F2N5O3/c1-4-19-27-28-22(32-19)20-17(24)12-16(13-18(20)25)31-11-5-6-15-7-9-30(10-8-15)23-26-21(14(2)3)29-33-23/h12-15H,4-11H2,1-3H3. The molecule has 178 valence electrons. The molecule has 0 aliphatic carbocycles. The van der Waals surface area contributed by atoms with Crippen LogP contribution in [0.15, 0.2) is 21.1 Å². The molecule has 0 spiro atoms. The first-order chi connectivity index (χ1) is 15.9. The van der Waals surface area contributed by atoms with Gasteiger partial charge in [-0.3, -0.25) is 0 Å². The van der Waals surface area contributed by atoms with E-state index in [1.807, 2.05) is 20.8 Å². The van der Waals surface area contributed by atoms with E-state index in [0.29, 0.717) is 30.9 Å². The Bertz CT molecular complexity index is 1040. The number of nitrogens with zero attached hydrogens (tertiary/aromatic N) is 5. The molecule has 3 aromatic rings. The summed E-state index contributed by atoms with van der Waals surface area (Å²) >= 11 is 0. The van der Waals surface area contributed by atoms with Crippen molar-refractivity contribution in [1.82, 2.24) is 20.3 Å². The van der Waals surface area contributed by atoms with Crippen LogP contribution in [0, 0.1) is 17.6 Å². The number of hydrogen-bond donors (Lipinski definition) is 0. The number of aromatic nitrogens is 4. The largest absolute Gasteiger partial charge is 0.493 e. The lowest BCUT2D eigenvalue weighted by Gasteiger charge is -2.30. The summed E-state index contributed by atoms with van der Waals surface area (Å²) < 4.78 is 45.2. The number of hydrogen-bond acceptors (Lipinski definition) is 8. The van der Waals surface area contributed by atoms with Crippen molar-refractivity contribution in [3.63, 3.8) is 0 Å². The summed E-state index contributed by atoms with van der Waals surface area (Å²) in [5, 5.41) is 11.5. The van der Waals surface area contributed by atoms with Crippen LogP contribution in [0.2, 0.25) is 0 Å². The highest BCUT2D eigenvalue weighted by Crippen LogP contribution is 2.30. The average Bonchev–Trinajstić information content (AvgIpc) is 3.47. The van der Waals surface area contributed by atoms with Crippen molar-refractivity contribution >= 4 is 6.01 Å². The van der Waals surface area contributed by atoms with Crippen LogP contribution < -0.4 is 9.64 Å². The maximum atomic E-state index is 14.5. The Hall–Kier alpha value is -3.04. The third-order valence-electron chi connectivity index (χ3n) is 5.86. The summed E-state index contributed by atoms with van der Waals surface area (Å²) in [6.07, 6.45) is 4.34. The maximum Gasteiger partial charge on any atom is 0.324 e. The first kappa shape index (κ1) is 23.1. The van der Waals surface area contributed by atoms with Crippen LogP contribution in [0.4, 0.5) is 14.8 Å². The summed E-state index contributed by atoms with van der Waals surface area (Å²) in [6.45, 7) is 8.03. The van der Waals surface area contributed by atoms with Crippen LogP contribution in [0.25, 0.3) is 11.5 Å². The number of aryl methyl sites for hydroxylation is 1. The molecular weight excluding hydrogens is 432 g/mol. The highest BCUT2D eigenvalue weighted by atomic mass is 19.1. The van der Waals surface area contributed by atoms with Gasteiger partial charge < -0.3 is 18.6 Å². The molecule has 1 aliphatic rings. The third-order valence-corrected chi connectivity index (χ3v) is 5.86. The molecule has 8 nitrogen and oxygen atoms in total. The number of piperidine rings is 1. The van der Waals surface area contributed by atoms with E-state index in [1.165, 1.54) is 0 Å². The molecule has 0 radical (unpaired) electrons. The van der Waals surface area contributed by atoms with Crippen LogP contribution >= 0.6 is 0 Å². The van der Waals surface area contributed by atoms with E-state index >= 15 is 0 Å². The normalized spacial score (nSPS) is 14.9. The molecule has 10 heteroatoms. The Morgan fingerprint density at radius 3 is 2.48 bits per heavy atom. The van der Waals surface area contributed by atoms with E-state index in [4.69, 9.17) is 13.7 Å². The van der Waals surface area contributed by atoms with Gasteiger partial charge in [-0.25, -0.2) is 8.78 Å². The molecule has 2 aromatic heterocycles. The number of rotatable bonds is 9. The van der Waals surface area contributed by atoms with Crippen molar-refractivity contribution in [2.45, 2.75) is 58.8 Å². The maximum absolute atomic E-state index is 14.5. The lowest BCUT2D eigenvalue weighted by Crippen LogP contribution is -2.34. The van der Waals surface area contributed by atoms with Gasteiger partial charge in [-0.05, 0) is 31.6 Å². The zero-order valence-corrected chi connectivity index (χ0v) is 19.2. The number of benzene rings is 1. The molecule has 1 saturated heterocycles. The molecule has 1 fully saturated rings. The fraction of sp³-hybridized carbons (Fsp3) is 0.565. The molecule has 0 saturated carbocycles. The highest BCUT2D eigenvalue weighted by Gasteiger charge is 2.24. The summed E-state index contributed by atoms with van der Waals surface area (Å²) in [5.41, 5.74) is -0.330. The molecule has 3 heterocycles. The first-order valence-electron chi connectivity index (χ1n) is 11.5. The van der Waals surface area contributed by atoms with E-state index in [1.54, 1.807) is 0 Å². The van der Waals surface area contributed by atoms with Gasteiger partial charge in [-0.15, -0.1) is 10.2 Å². The van der Waals surface area contributed by atoms with Crippen molar-refractivity contribution < 1.29 is 22.5 Å². The zero-order chi connectivity index (χ0) is 23.4. The van der Waals surface area contributed by atoms with Gasteiger partial charge in [0.05, 0.1) is 6.61 Å². The van der Waals surface area contributed by atoms with Crippen molar-refractivity contribution in [3.8, 4) is 17.2 Å². The third kappa shape index (κ3) is 5.48. The minimum absolute atomic E-state index is 0.149. The van der Waals surface area contributed by atoms with Gasteiger partial charge in [-0.1, -0.05) is 25.9 Å². The molecule has 0 unspecified atom stereocenters. The van der Waals surface area contributed by atoms with Gasteiger partial charge in [-0.2, -0.15) is 4.98 Å². The average molecular weight is 462 g/mol. The lowest BCUT2D eigenvalue weighted by molar-refractivity contribution is 0.274. The second kappa shape index (κ2) is 10.3. The monoisotopic (exact) mass is 461 g/mol. The van der Waals surface area contributed by atoms with Gasteiger partial charge in [0.1, 0.15) is 22.9 Å². The van der Waals surface area contributed by atoms with Crippen molar-refractivity contribution in [2.75, 3.05) is 24.6 Å². The molecule has 0 atom stereocenters. The quantitative estimate of drug-likeness (QED) is 0.404. The van der Waals surface area contributed by atoms with Gasteiger partial charge in [0, 0.05) is 37.6 Å². The molecular formula is C23H29F2N5O3. The van der Waals surface area contributed by atoms with Crippen molar-refractivity contribution in [2.24, 2.45) is 5.92 Å². The fourth-order valence-corrected chi connectivity index (χ4v) is 3.90. The predicted molar refractivity (Wildman–Crippen MR) is 117 cm³/mol. The predicted octanol–water partition coefficient (Wildman–Crippen LogP) is 5.16. The molecule has 0 bridgehead atoms. The molecule has 0 amide bonds. The van der Waals surface area contributed by atoms with Crippen molar-refractivity contribution in [1.29, 1.82) is 0 Å². The number of anilines is 1. The topological polar surface area (TPSA) is 90.3 Å². The molecule has 1 aromatic carbocycles. The second-order valence-corrected chi connectivity index (χ2v) is 8.63. The van der Waals surface area contributed by atoms with Crippen LogP contribution in [0.3, 0.4) is 0 Å². The number of halogens is 2. The first-order valence-corrected chi connectivity index (χ1v) is 11.5. The van der Waals surface area contributed by atoms with E-state index in [-0.39, 0.29) is 23.1 Å². The van der Waals surface area contributed by atoms with Gasteiger partial charge in [0.15, 0.2) is 5.82 Å². The highest BCUT2D eigenvalue weighted by molar-refractivity contribution is 5.56. The Morgan fingerprint density at radius 1 is 1.15 bits per heavy atom. The Kier molecular flexibility index (Phi) is 7.20. The van der Waals surface area contributed by atoms with Crippen LogP contribution in [-0.2, 0) is 6.42 Å². The zero-order valence-electron chi connectivity index (χ0n) is 19.2. The van der Waals surface area contributed by atoms with Crippen LogP contribution in [0.1, 0.15) is 64.1 Å². The summed E-state index contributed by atoms with van der Waals surface area (Å²) in [4.78, 5) is 6.60. The second-order valence-electron chi connectivity index (χ2n) is 8.63. The smallest absolute Gasteiger partial charge is 0.324 e. The Balaban J connectivity index is 1.22. The molecule has 0 N–H and O–H groups in total. The van der Waals surface area contributed by atoms with Gasteiger partial charge in [0.25, 0.3) is 5.89 Å². The minimum atomic E-state index is -0.787. The van der Waals surface area contributed by atoms with Crippen LogP contribution in [-0.4, -0.2) is 40.0 Å². The molecule has 1 aliphatic heterocycles. The SMILES string of the molecule is CCc1nnc(-c2c(F)cc(OCCCC3CCN(c4nc(C(C)C)no4)CC3)cc2F)o1. The molecule has 33 heavy (non-hydrogen) atoms. The van der Waals surface area contributed by atoms with E-state index in [0.717, 1.165) is 56.7 Å². The fourth-order valence-electron chi connectivity index (χ4n) is 3.90. The Labute approximate surface area is 191 Å². The Morgan fingerprint density at radius 2 is 1.88 bits per heavy atom. The number of ether oxygens (including phenoxy) is 1. The summed E-state index contributed by atoms with van der Waals surface area (Å²) in [7, 11) is 0. The van der Waals surface area contributed by atoms with Gasteiger partial charge in [0.2, 0.25) is 5.89 Å². The van der Waals surface area contributed by atoms with E-state index in [2.05, 4.69) is 25.2 Å². The lowest BCUT2D eigenvalue weighted by atomic mass is 9.92. The summed E-state index contributed by atoms with van der Waals surface area (Å²) in [6, 6.07) is 2.91.